The SMILES string of the molecule is CC(C)(CO)n1cc(-c2cc3c(N4CC=C(c5ncc([C@@](C)(O)c6ccc(F)cc6)cn5)CC4)ncnn3c2)cn1. The lowest BCUT2D eigenvalue weighted by atomic mass is 9.90. The van der Waals surface area contributed by atoms with Gasteiger partial charge in [-0.25, -0.2) is 23.9 Å². The fraction of sp³-hybridized carbons (Fsp3) is 0.300. The van der Waals surface area contributed by atoms with Crippen LogP contribution < -0.4 is 4.90 Å². The molecule has 1 aliphatic heterocycles. The summed E-state index contributed by atoms with van der Waals surface area (Å²) in [4.78, 5) is 15.9. The smallest absolute Gasteiger partial charge is 0.156 e. The van der Waals surface area contributed by atoms with Gasteiger partial charge in [0.25, 0.3) is 0 Å². The maximum Gasteiger partial charge on any atom is 0.156 e. The van der Waals surface area contributed by atoms with Crippen LogP contribution in [0.15, 0.2) is 73.7 Å². The Hall–Kier alpha value is -4.48. The molecule has 5 aromatic rings. The Morgan fingerprint density at radius 3 is 2.37 bits per heavy atom. The lowest BCUT2D eigenvalue weighted by Gasteiger charge is -2.27. The third-order valence-electron chi connectivity index (χ3n) is 7.72. The first-order valence-electron chi connectivity index (χ1n) is 13.4. The molecule has 1 atom stereocenters. The van der Waals surface area contributed by atoms with Crippen LogP contribution in [0.3, 0.4) is 0 Å². The normalized spacial score (nSPS) is 15.7. The van der Waals surface area contributed by atoms with E-state index < -0.39 is 11.1 Å². The van der Waals surface area contributed by atoms with E-state index >= 15 is 0 Å². The van der Waals surface area contributed by atoms with Gasteiger partial charge < -0.3 is 15.1 Å². The number of benzene rings is 1. The molecule has 0 saturated heterocycles. The summed E-state index contributed by atoms with van der Waals surface area (Å²) in [6.07, 6.45) is 13.3. The Kier molecular flexibility index (Phi) is 6.63. The fourth-order valence-corrected chi connectivity index (χ4v) is 4.94. The zero-order valence-corrected chi connectivity index (χ0v) is 23.1. The predicted octanol–water partition coefficient (Wildman–Crippen LogP) is 3.80. The van der Waals surface area contributed by atoms with Crippen molar-refractivity contribution in [3.05, 3.63) is 96.5 Å². The molecule has 10 nitrogen and oxygen atoms in total. The summed E-state index contributed by atoms with van der Waals surface area (Å²) in [5.74, 6) is 1.09. The molecule has 0 bridgehead atoms. The van der Waals surface area contributed by atoms with Gasteiger partial charge in [-0.05, 0) is 56.5 Å². The Morgan fingerprint density at radius 1 is 0.927 bits per heavy atom. The lowest BCUT2D eigenvalue weighted by Crippen LogP contribution is -2.30. The maximum atomic E-state index is 13.3. The molecule has 0 fully saturated rings. The maximum absolute atomic E-state index is 13.3. The molecule has 4 aromatic heterocycles. The minimum atomic E-state index is -1.34. The molecule has 210 valence electrons. The monoisotopic (exact) mass is 554 g/mol. The van der Waals surface area contributed by atoms with Crippen molar-refractivity contribution in [3.63, 3.8) is 0 Å². The van der Waals surface area contributed by atoms with Crippen molar-refractivity contribution in [3.8, 4) is 11.1 Å². The van der Waals surface area contributed by atoms with E-state index in [-0.39, 0.29) is 12.4 Å². The topological polar surface area (TPSA) is 117 Å². The number of aliphatic hydroxyl groups is 2. The number of rotatable bonds is 7. The average molecular weight is 555 g/mol. The first kappa shape index (κ1) is 26.7. The number of hydrogen-bond acceptors (Lipinski definition) is 8. The second kappa shape index (κ2) is 10.2. The Morgan fingerprint density at radius 2 is 1.68 bits per heavy atom. The standard InChI is InChI=1S/C30H31FN8O2/c1-29(2,18-40)39-17-22(13-35-39)21-12-26-28(34-19-36-38(26)16-21)37-10-8-20(9-11-37)27-32-14-24(15-33-27)30(3,41)23-4-6-25(31)7-5-23/h4-8,12-17,19,40-41H,9-11,18H2,1-3H3/t30-/m0/s1. The summed E-state index contributed by atoms with van der Waals surface area (Å²) in [7, 11) is 0. The van der Waals surface area contributed by atoms with E-state index in [0.717, 1.165) is 41.0 Å². The highest BCUT2D eigenvalue weighted by molar-refractivity contribution is 5.78. The van der Waals surface area contributed by atoms with Crippen molar-refractivity contribution in [2.24, 2.45) is 0 Å². The molecule has 0 amide bonds. The number of fused-ring (bicyclic) bond motifs is 1. The van der Waals surface area contributed by atoms with E-state index in [1.54, 1.807) is 48.7 Å². The fourth-order valence-electron chi connectivity index (χ4n) is 4.94. The van der Waals surface area contributed by atoms with Gasteiger partial charge in [0.15, 0.2) is 11.6 Å². The van der Waals surface area contributed by atoms with Crippen LogP contribution in [-0.2, 0) is 11.1 Å². The highest BCUT2D eigenvalue weighted by atomic mass is 19.1. The molecular weight excluding hydrogens is 523 g/mol. The van der Waals surface area contributed by atoms with Crippen LogP contribution in [0.25, 0.3) is 22.2 Å². The van der Waals surface area contributed by atoms with Crippen molar-refractivity contribution in [1.29, 1.82) is 0 Å². The third-order valence-corrected chi connectivity index (χ3v) is 7.72. The highest BCUT2D eigenvalue weighted by Gasteiger charge is 2.27. The Bertz CT molecular complexity index is 1720. The van der Waals surface area contributed by atoms with Crippen LogP contribution >= 0.6 is 0 Å². The van der Waals surface area contributed by atoms with Gasteiger partial charge in [-0.3, -0.25) is 4.68 Å². The Balaban J connectivity index is 1.20. The quantitative estimate of drug-likeness (QED) is 0.312. The summed E-state index contributed by atoms with van der Waals surface area (Å²) in [5.41, 5.74) is 3.06. The van der Waals surface area contributed by atoms with Crippen LogP contribution in [0.1, 0.15) is 44.1 Å². The zero-order chi connectivity index (χ0) is 28.8. The third kappa shape index (κ3) is 4.98. The second-order valence-corrected chi connectivity index (χ2v) is 11.1. The molecule has 5 heterocycles. The van der Waals surface area contributed by atoms with E-state index in [0.29, 0.717) is 23.5 Å². The van der Waals surface area contributed by atoms with E-state index in [4.69, 9.17) is 0 Å². The number of aliphatic hydroxyl groups excluding tert-OH is 1. The van der Waals surface area contributed by atoms with Crippen LogP contribution in [-0.4, -0.2) is 64.3 Å². The van der Waals surface area contributed by atoms with Gasteiger partial charge in [-0.2, -0.15) is 10.2 Å². The first-order chi connectivity index (χ1) is 19.7. The number of halogens is 1. The van der Waals surface area contributed by atoms with Gasteiger partial charge in [-0.1, -0.05) is 18.2 Å². The largest absolute Gasteiger partial charge is 0.394 e. The number of hydrogen-bond donors (Lipinski definition) is 2. The number of anilines is 1. The molecule has 6 rings (SSSR count). The van der Waals surface area contributed by atoms with Crippen LogP contribution in [0, 0.1) is 5.82 Å². The van der Waals surface area contributed by atoms with Gasteiger partial charge in [0.1, 0.15) is 23.3 Å². The van der Waals surface area contributed by atoms with Gasteiger partial charge in [-0.15, -0.1) is 0 Å². The molecule has 0 saturated carbocycles. The van der Waals surface area contributed by atoms with Crippen LogP contribution in [0.5, 0.6) is 0 Å². The molecule has 0 aliphatic carbocycles. The van der Waals surface area contributed by atoms with E-state index in [9.17, 15) is 14.6 Å². The molecule has 0 spiro atoms. The van der Waals surface area contributed by atoms with Gasteiger partial charge >= 0.3 is 0 Å². The average Bonchev–Trinajstić information content (AvgIpc) is 3.66. The van der Waals surface area contributed by atoms with E-state index in [1.165, 1.54) is 12.1 Å². The minimum Gasteiger partial charge on any atom is -0.394 e. The summed E-state index contributed by atoms with van der Waals surface area (Å²) >= 11 is 0. The summed E-state index contributed by atoms with van der Waals surface area (Å²) in [6.45, 7) is 6.84. The van der Waals surface area contributed by atoms with E-state index in [1.807, 2.05) is 30.8 Å². The summed E-state index contributed by atoms with van der Waals surface area (Å²) in [5, 5.41) is 29.6. The summed E-state index contributed by atoms with van der Waals surface area (Å²) in [6, 6.07) is 7.82. The molecule has 11 heteroatoms. The Labute approximate surface area is 236 Å². The molecule has 2 N–H and O–H groups in total. The van der Waals surface area contributed by atoms with Gasteiger partial charge in [0, 0.05) is 54.6 Å². The number of aromatic nitrogens is 7. The van der Waals surface area contributed by atoms with Crippen molar-refractivity contribution in [2.45, 2.75) is 38.3 Å². The van der Waals surface area contributed by atoms with Crippen molar-refractivity contribution < 1.29 is 14.6 Å². The predicted molar refractivity (Wildman–Crippen MR) is 153 cm³/mol. The van der Waals surface area contributed by atoms with Crippen molar-refractivity contribution in [1.82, 2.24) is 34.3 Å². The minimum absolute atomic E-state index is 0.0159. The number of nitrogens with zero attached hydrogens (tertiary/aromatic N) is 8. The van der Waals surface area contributed by atoms with E-state index in [2.05, 4.69) is 42.2 Å². The van der Waals surface area contributed by atoms with Gasteiger partial charge in [0.05, 0.1) is 18.3 Å². The van der Waals surface area contributed by atoms with Crippen molar-refractivity contribution in [2.75, 3.05) is 24.6 Å². The first-order valence-corrected chi connectivity index (χ1v) is 13.4. The molecule has 1 aliphatic rings. The zero-order valence-electron chi connectivity index (χ0n) is 23.1. The van der Waals surface area contributed by atoms with Crippen LogP contribution in [0.4, 0.5) is 10.2 Å². The molecule has 0 unspecified atom stereocenters. The summed E-state index contributed by atoms with van der Waals surface area (Å²) < 4.78 is 16.9. The molecule has 0 radical (unpaired) electrons. The van der Waals surface area contributed by atoms with Crippen LogP contribution in [0.2, 0.25) is 0 Å². The van der Waals surface area contributed by atoms with Gasteiger partial charge in [0.2, 0.25) is 0 Å². The van der Waals surface area contributed by atoms with Crippen molar-refractivity contribution >= 4 is 16.9 Å². The second-order valence-electron chi connectivity index (χ2n) is 11.1. The molecular formula is C30H31FN8O2. The lowest BCUT2D eigenvalue weighted by molar-refractivity contribution is 0.101. The molecule has 1 aromatic carbocycles. The molecule has 41 heavy (non-hydrogen) atoms. The highest BCUT2D eigenvalue weighted by Crippen LogP contribution is 2.31.